The number of nitro benzene ring substituents is 1. The van der Waals surface area contributed by atoms with Gasteiger partial charge in [0.15, 0.2) is 9.90 Å². The van der Waals surface area contributed by atoms with Crippen LogP contribution in [0, 0.1) is 16.0 Å². The van der Waals surface area contributed by atoms with Crippen molar-refractivity contribution >= 4 is 52.8 Å². The second-order valence-corrected chi connectivity index (χ2v) is 14.3. The summed E-state index contributed by atoms with van der Waals surface area (Å²) in [6.45, 7) is 4.51. The van der Waals surface area contributed by atoms with E-state index < -0.39 is 27.1 Å². The molecular formula is C28H31N3O6S3. The molecule has 2 N–H and O–H groups in total. The van der Waals surface area contributed by atoms with Crippen LogP contribution in [-0.2, 0) is 21.8 Å². The van der Waals surface area contributed by atoms with Crippen molar-refractivity contribution < 1.29 is 24.7 Å². The van der Waals surface area contributed by atoms with Crippen molar-refractivity contribution in [2.45, 2.75) is 47.5 Å². The molecule has 2 fully saturated rings. The zero-order chi connectivity index (χ0) is 28.4. The highest BCUT2D eigenvalue weighted by molar-refractivity contribution is 8.29. The standard InChI is InChI=1S/C28H31N3O6S3/c1-2-22(32)23-25(33)30-24(26(34)35)27(39-21-13-15-29(16-21)14-12-18-6-4-3-5-7-18)40-28(23,30)38-17-19-8-10-20(11-9-19)31(36)37/h3-11,21-23,32H,2,12-17H2,1H3,(H,34,35)/t21?,22-,23+,28+/m0/s1. The van der Waals surface area contributed by atoms with Gasteiger partial charge in [-0.3, -0.25) is 19.8 Å². The van der Waals surface area contributed by atoms with Crippen LogP contribution in [0.25, 0.3) is 0 Å². The Kier molecular flexibility index (Phi) is 8.81. The molecule has 2 saturated heterocycles. The van der Waals surface area contributed by atoms with Crippen molar-refractivity contribution in [1.82, 2.24) is 9.80 Å². The van der Waals surface area contributed by atoms with Crippen molar-refractivity contribution in [1.29, 1.82) is 0 Å². The van der Waals surface area contributed by atoms with Gasteiger partial charge in [-0.15, -0.1) is 23.5 Å². The Hall–Kier alpha value is -2.51. The first-order valence-corrected chi connectivity index (χ1v) is 15.9. The van der Waals surface area contributed by atoms with E-state index in [4.69, 9.17) is 0 Å². The van der Waals surface area contributed by atoms with E-state index in [0.29, 0.717) is 16.4 Å². The summed E-state index contributed by atoms with van der Waals surface area (Å²) in [5, 5.41) is 32.2. The maximum Gasteiger partial charge on any atom is 0.354 e. The monoisotopic (exact) mass is 601 g/mol. The summed E-state index contributed by atoms with van der Waals surface area (Å²) in [7, 11) is 0. The predicted octanol–water partition coefficient (Wildman–Crippen LogP) is 4.76. The SMILES string of the molecule is CC[C@H](O)[C@@H]1C(=O)N2C(C(=O)O)=C(SC3CCN(CCc4ccccc4)C3)S[C@]12SCc1ccc([N+](=O)[O-])cc1. The Morgan fingerprint density at radius 3 is 2.58 bits per heavy atom. The number of carbonyl (C=O) groups is 2. The van der Waals surface area contributed by atoms with E-state index >= 15 is 0 Å². The second kappa shape index (κ2) is 12.2. The number of carboxylic acid groups (broad SMARTS) is 1. The summed E-state index contributed by atoms with van der Waals surface area (Å²) >= 11 is 4.30. The number of thioether (sulfide) groups is 3. The molecule has 9 nitrogen and oxygen atoms in total. The molecule has 40 heavy (non-hydrogen) atoms. The Balaban J connectivity index is 1.31. The summed E-state index contributed by atoms with van der Waals surface area (Å²) < 4.78 is -0.367. The fraction of sp³-hybridized carbons (Fsp3) is 0.429. The molecule has 1 unspecified atom stereocenters. The molecule has 0 aliphatic carbocycles. The Bertz CT molecular complexity index is 1310. The summed E-state index contributed by atoms with van der Waals surface area (Å²) in [4.78, 5) is 40.1. The first-order valence-electron chi connectivity index (χ1n) is 13.2. The molecule has 5 rings (SSSR count). The van der Waals surface area contributed by atoms with Gasteiger partial charge in [-0.2, -0.15) is 0 Å². The van der Waals surface area contributed by atoms with Gasteiger partial charge in [0.1, 0.15) is 5.92 Å². The normalized spacial score (nSPS) is 25.1. The first-order chi connectivity index (χ1) is 19.2. The molecule has 2 aromatic rings. The number of carbonyl (C=O) groups excluding carboxylic acids is 1. The number of aliphatic carboxylic acids is 1. The average molecular weight is 602 g/mol. The van der Waals surface area contributed by atoms with Crippen LogP contribution in [0.1, 0.15) is 30.9 Å². The molecule has 0 radical (unpaired) electrons. The van der Waals surface area contributed by atoms with Gasteiger partial charge >= 0.3 is 5.97 Å². The minimum absolute atomic E-state index is 0.00140. The molecular weight excluding hydrogens is 571 g/mol. The van der Waals surface area contributed by atoms with Crippen LogP contribution in [0.15, 0.2) is 64.5 Å². The van der Waals surface area contributed by atoms with Crippen LogP contribution in [0.4, 0.5) is 5.69 Å². The van der Waals surface area contributed by atoms with Crippen molar-refractivity contribution in [3.05, 3.63) is 85.8 Å². The lowest BCUT2D eigenvalue weighted by atomic mass is 9.89. The highest BCUT2D eigenvalue weighted by Gasteiger charge is 2.69. The summed E-state index contributed by atoms with van der Waals surface area (Å²) in [5.41, 5.74) is 2.09. The maximum absolute atomic E-state index is 13.3. The average Bonchev–Trinajstić information content (AvgIpc) is 3.51. The number of rotatable bonds is 12. The third kappa shape index (κ3) is 5.64. The van der Waals surface area contributed by atoms with E-state index in [-0.39, 0.29) is 22.5 Å². The molecule has 0 bridgehead atoms. The van der Waals surface area contributed by atoms with Crippen molar-refractivity contribution in [2.75, 3.05) is 19.6 Å². The minimum Gasteiger partial charge on any atom is -0.477 e. The lowest BCUT2D eigenvalue weighted by Gasteiger charge is -2.53. The third-order valence-corrected chi connectivity index (χ3v) is 12.2. The molecule has 0 spiro atoms. The molecule has 4 atom stereocenters. The number of hydrogen-bond acceptors (Lipinski definition) is 9. The Morgan fingerprint density at radius 2 is 1.93 bits per heavy atom. The van der Waals surface area contributed by atoms with Gasteiger partial charge in [-0.25, -0.2) is 4.79 Å². The molecule has 3 aliphatic heterocycles. The van der Waals surface area contributed by atoms with E-state index in [0.717, 1.165) is 38.0 Å². The number of fused-ring (bicyclic) bond motifs is 1. The van der Waals surface area contributed by atoms with Crippen LogP contribution in [-0.4, -0.2) is 72.0 Å². The van der Waals surface area contributed by atoms with Gasteiger partial charge in [-0.1, -0.05) is 61.2 Å². The summed E-state index contributed by atoms with van der Waals surface area (Å²) in [6.07, 6.45) is 1.35. The van der Waals surface area contributed by atoms with Crippen LogP contribution < -0.4 is 0 Å². The van der Waals surface area contributed by atoms with Crippen LogP contribution >= 0.6 is 35.3 Å². The number of benzene rings is 2. The summed E-state index contributed by atoms with van der Waals surface area (Å²) in [5.74, 6) is -1.86. The van der Waals surface area contributed by atoms with Gasteiger partial charge in [0.2, 0.25) is 5.91 Å². The molecule has 3 aliphatic rings. The largest absolute Gasteiger partial charge is 0.477 e. The maximum atomic E-state index is 13.3. The quantitative estimate of drug-likeness (QED) is 0.200. The van der Waals surface area contributed by atoms with Gasteiger partial charge in [0, 0.05) is 36.2 Å². The van der Waals surface area contributed by atoms with Gasteiger partial charge in [0.05, 0.1) is 15.3 Å². The number of nitro groups is 1. The van der Waals surface area contributed by atoms with Crippen molar-refractivity contribution in [3.63, 3.8) is 0 Å². The number of carboxylic acids is 1. The zero-order valence-electron chi connectivity index (χ0n) is 22.0. The lowest BCUT2D eigenvalue weighted by Crippen LogP contribution is -2.68. The fourth-order valence-electron chi connectivity index (χ4n) is 5.34. The molecule has 212 valence electrons. The number of nitrogens with zero attached hydrogens (tertiary/aromatic N) is 3. The topological polar surface area (TPSA) is 124 Å². The minimum atomic E-state index is -1.15. The van der Waals surface area contributed by atoms with Crippen LogP contribution in [0.5, 0.6) is 0 Å². The molecule has 3 heterocycles. The van der Waals surface area contributed by atoms with E-state index in [2.05, 4.69) is 17.0 Å². The van der Waals surface area contributed by atoms with E-state index in [9.17, 15) is 29.9 Å². The molecule has 0 aromatic heterocycles. The number of non-ortho nitro benzene ring substituents is 1. The van der Waals surface area contributed by atoms with Crippen molar-refractivity contribution in [2.24, 2.45) is 5.92 Å². The first kappa shape index (κ1) is 29.0. The highest BCUT2D eigenvalue weighted by Crippen LogP contribution is 2.67. The third-order valence-electron chi connectivity index (χ3n) is 7.51. The molecule has 2 aromatic carbocycles. The highest BCUT2D eigenvalue weighted by atomic mass is 32.2. The lowest BCUT2D eigenvalue weighted by molar-refractivity contribution is -0.384. The molecule has 1 amide bonds. The van der Waals surface area contributed by atoms with Gasteiger partial charge in [-0.05, 0) is 36.9 Å². The number of hydrogen-bond donors (Lipinski definition) is 2. The number of amides is 1. The van der Waals surface area contributed by atoms with E-state index in [1.807, 2.05) is 18.2 Å². The predicted molar refractivity (Wildman–Crippen MR) is 159 cm³/mol. The molecule has 12 heteroatoms. The van der Waals surface area contributed by atoms with Crippen molar-refractivity contribution in [3.8, 4) is 0 Å². The molecule has 0 saturated carbocycles. The van der Waals surface area contributed by atoms with E-state index in [1.165, 1.54) is 57.9 Å². The number of aliphatic hydroxyl groups excluding tert-OH is 1. The fourth-order valence-corrected chi connectivity index (χ4v) is 10.8. The number of β-lactam (4-membered cyclic amide) rings is 1. The smallest absolute Gasteiger partial charge is 0.354 e. The summed E-state index contributed by atoms with van der Waals surface area (Å²) in [6, 6.07) is 16.5. The van der Waals surface area contributed by atoms with E-state index in [1.54, 1.807) is 19.1 Å². The Morgan fingerprint density at radius 1 is 1.20 bits per heavy atom. The van der Waals surface area contributed by atoms with Crippen LogP contribution in [0.2, 0.25) is 0 Å². The van der Waals surface area contributed by atoms with Gasteiger partial charge in [0.25, 0.3) is 5.69 Å². The number of likely N-dealkylation sites (tertiary alicyclic amines) is 1. The van der Waals surface area contributed by atoms with Gasteiger partial charge < -0.3 is 15.1 Å². The second-order valence-electron chi connectivity index (χ2n) is 10.1. The zero-order valence-corrected chi connectivity index (χ0v) is 24.4. The number of aliphatic hydroxyl groups is 1. The van der Waals surface area contributed by atoms with Crippen LogP contribution in [0.3, 0.4) is 0 Å². The Labute approximate surface area is 245 Å².